The molecule has 0 saturated carbocycles. The lowest BCUT2D eigenvalue weighted by molar-refractivity contribution is 0.133. The third-order valence-corrected chi connectivity index (χ3v) is 3.84. The number of methoxy groups -OCH3 is 1. The van der Waals surface area contributed by atoms with Crippen LogP contribution in [0.4, 0.5) is 0 Å². The van der Waals surface area contributed by atoms with Crippen LogP contribution in [0.5, 0.6) is 5.75 Å². The second kappa shape index (κ2) is 8.66. The van der Waals surface area contributed by atoms with Gasteiger partial charge in [-0.25, -0.2) is 0 Å². The summed E-state index contributed by atoms with van der Waals surface area (Å²) in [6.45, 7) is 7.13. The van der Waals surface area contributed by atoms with Crippen LogP contribution < -0.4 is 10.5 Å². The molecular weight excluding hydrogens is 262 g/mol. The Morgan fingerprint density at radius 1 is 1.29 bits per heavy atom. The van der Waals surface area contributed by atoms with Crippen LogP contribution in [-0.2, 0) is 0 Å². The van der Waals surface area contributed by atoms with Crippen LogP contribution >= 0.6 is 0 Å². The topological polar surface area (TPSA) is 62.3 Å². The lowest BCUT2D eigenvalue weighted by Crippen LogP contribution is -2.44. The van der Waals surface area contributed by atoms with E-state index in [2.05, 4.69) is 43.9 Å². The van der Waals surface area contributed by atoms with E-state index < -0.39 is 0 Å². The molecule has 0 aromatic heterocycles. The number of rotatable bonds is 8. The summed E-state index contributed by atoms with van der Waals surface area (Å²) in [5, 5.41) is 8.89. The van der Waals surface area contributed by atoms with E-state index in [0.29, 0.717) is 12.5 Å². The fourth-order valence-corrected chi connectivity index (χ4v) is 2.61. The van der Waals surface area contributed by atoms with Crippen LogP contribution in [-0.4, -0.2) is 30.6 Å². The van der Waals surface area contributed by atoms with Gasteiger partial charge < -0.3 is 10.5 Å². The molecule has 0 aliphatic rings. The minimum absolute atomic E-state index is 0.0412. The molecule has 21 heavy (non-hydrogen) atoms. The lowest BCUT2D eigenvalue weighted by Gasteiger charge is -2.38. The molecule has 0 bridgehead atoms. The smallest absolute Gasteiger partial charge is 0.118 e. The highest BCUT2D eigenvalue weighted by atomic mass is 16.5. The molecule has 0 radical (unpaired) electrons. The van der Waals surface area contributed by atoms with Crippen molar-refractivity contribution in [1.82, 2.24) is 4.90 Å². The maximum atomic E-state index is 8.89. The Hall–Kier alpha value is -1.57. The first kappa shape index (κ1) is 17.5. The van der Waals surface area contributed by atoms with E-state index >= 15 is 0 Å². The van der Waals surface area contributed by atoms with Crippen molar-refractivity contribution in [3.05, 3.63) is 29.8 Å². The molecule has 1 rings (SSSR count). The van der Waals surface area contributed by atoms with E-state index in [-0.39, 0.29) is 12.1 Å². The minimum Gasteiger partial charge on any atom is -0.497 e. The molecule has 1 aromatic rings. The molecule has 0 saturated heterocycles. The highest BCUT2D eigenvalue weighted by molar-refractivity contribution is 5.30. The van der Waals surface area contributed by atoms with Gasteiger partial charge in [0.05, 0.1) is 19.2 Å². The van der Waals surface area contributed by atoms with Gasteiger partial charge in [-0.3, -0.25) is 4.90 Å². The maximum absolute atomic E-state index is 8.89. The van der Waals surface area contributed by atoms with Gasteiger partial charge in [-0.05, 0) is 38.0 Å². The molecule has 4 heteroatoms. The van der Waals surface area contributed by atoms with Crippen molar-refractivity contribution in [2.75, 3.05) is 13.7 Å². The summed E-state index contributed by atoms with van der Waals surface area (Å²) in [7, 11) is 1.66. The van der Waals surface area contributed by atoms with E-state index in [9.17, 15) is 0 Å². The average molecular weight is 289 g/mol. The zero-order valence-corrected chi connectivity index (χ0v) is 13.5. The van der Waals surface area contributed by atoms with Gasteiger partial charge in [-0.15, -0.1) is 0 Å². The lowest BCUT2D eigenvalue weighted by atomic mass is 9.95. The van der Waals surface area contributed by atoms with Gasteiger partial charge >= 0.3 is 0 Å². The van der Waals surface area contributed by atoms with Crippen molar-refractivity contribution < 1.29 is 4.74 Å². The number of nitriles is 1. The molecule has 2 unspecified atom stereocenters. The summed E-state index contributed by atoms with van der Waals surface area (Å²) >= 11 is 0. The summed E-state index contributed by atoms with van der Waals surface area (Å²) in [5.41, 5.74) is 7.55. The summed E-state index contributed by atoms with van der Waals surface area (Å²) in [4.78, 5) is 2.32. The molecule has 1 aromatic carbocycles. The third-order valence-electron chi connectivity index (χ3n) is 3.84. The number of nitrogens with zero attached hydrogens (tertiary/aromatic N) is 2. The van der Waals surface area contributed by atoms with Crippen molar-refractivity contribution >= 4 is 0 Å². The number of hydrogen-bond donors (Lipinski definition) is 1. The second-order valence-corrected chi connectivity index (χ2v) is 5.53. The van der Waals surface area contributed by atoms with Crippen LogP contribution in [0.3, 0.4) is 0 Å². The fraction of sp³-hybridized carbons (Fsp3) is 0.588. The quantitative estimate of drug-likeness (QED) is 0.799. The van der Waals surface area contributed by atoms with Crippen molar-refractivity contribution in [3.63, 3.8) is 0 Å². The highest BCUT2D eigenvalue weighted by Crippen LogP contribution is 2.28. The van der Waals surface area contributed by atoms with E-state index in [1.54, 1.807) is 7.11 Å². The normalized spacial score (nSPS) is 14.0. The predicted molar refractivity (Wildman–Crippen MR) is 86.1 cm³/mol. The van der Waals surface area contributed by atoms with Gasteiger partial charge in [-0.1, -0.05) is 19.1 Å². The van der Waals surface area contributed by atoms with E-state index in [1.807, 2.05) is 12.1 Å². The zero-order chi connectivity index (χ0) is 15.8. The summed E-state index contributed by atoms with van der Waals surface area (Å²) in [6, 6.07) is 10.8. The largest absolute Gasteiger partial charge is 0.497 e. The Morgan fingerprint density at radius 3 is 2.33 bits per heavy atom. The summed E-state index contributed by atoms with van der Waals surface area (Å²) in [6.07, 6.45) is 1.41. The number of nitrogens with two attached hydrogens (primary N) is 1. The SMILES string of the molecule is CCC(N)C(c1ccc(OC)cc1)N(CCC#N)C(C)C. The van der Waals surface area contributed by atoms with Crippen LogP contribution in [0.25, 0.3) is 0 Å². The van der Waals surface area contributed by atoms with Gasteiger partial charge in [-0.2, -0.15) is 5.26 Å². The Morgan fingerprint density at radius 2 is 1.90 bits per heavy atom. The molecule has 0 spiro atoms. The summed E-state index contributed by atoms with van der Waals surface area (Å²) in [5.74, 6) is 0.843. The van der Waals surface area contributed by atoms with Gasteiger partial charge in [0, 0.05) is 25.0 Å². The standard InChI is InChI=1S/C17H27N3O/c1-5-16(19)17(20(13(2)3)12-6-11-18)14-7-9-15(21-4)10-8-14/h7-10,13,16-17H,5-6,12,19H2,1-4H3. The Bertz CT molecular complexity index is 450. The highest BCUT2D eigenvalue weighted by Gasteiger charge is 2.27. The fourth-order valence-electron chi connectivity index (χ4n) is 2.61. The first-order valence-electron chi connectivity index (χ1n) is 7.57. The monoisotopic (exact) mass is 289 g/mol. The van der Waals surface area contributed by atoms with Gasteiger partial charge in [0.2, 0.25) is 0 Å². The number of benzene rings is 1. The molecule has 0 aliphatic heterocycles. The molecule has 0 aliphatic carbocycles. The molecule has 0 amide bonds. The van der Waals surface area contributed by atoms with Gasteiger partial charge in [0.25, 0.3) is 0 Å². The molecular formula is C17H27N3O. The molecule has 0 fully saturated rings. The van der Waals surface area contributed by atoms with Crippen molar-refractivity contribution in [1.29, 1.82) is 5.26 Å². The van der Waals surface area contributed by atoms with Crippen molar-refractivity contribution in [3.8, 4) is 11.8 Å². The summed E-state index contributed by atoms with van der Waals surface area (Å²) < 4.78 is 5.22. The molecule has 0 heterocycles. The zero-order valence-electron chi connectivity index (χ0n) is 13.5. The minimum atomic E-state index is 0.0412. The van der Waals surface area contributed by atoms with Crippen LogP contribution in [0.2, 0.25) is 0 Å². The van der Waals surface area contributed by atoms with Gasteiger partial charge in [0.15, 0.2) is 0 Å². The third kappa shape index (κ3) is 4.73. The van der Waals surface area contributed by atoms with Crippen LogP contribution in [0.1, 0.15) is 45.2 Å². The van der Waals surface area contributed by atoms with Crippen molar-refractivity contribution in [2.45, 2.75) is 51.7 Å². The number of hydrogen-bond acceptors (Lipinski definition) is 4. The van der Waals surface area contributed by atoms with E-state index in [1.165, 1.54) is 5.56 Å². The molecule has 2 atom stereocenters. The van der Waals surface area contributed by atoms with E-state index in [4.69, 9.17) is 15.7 Å². The maximum Gasteiger partial charge on any atom is 0.118 e. The van der Waals surface area contributed by atoms with E-state index in [0.717, 1.165) is 18.7 Å². The predicted octanol–water partition coefficient (Wildman–Crippen LogP) is 3.10. The van der Waals surface area contributed by atoms with Crippen LogP contribution in [0, 0.1) is 11.3 Å². The number of ether oxygens (including phenoxy) is 1. The molecule has 4 nitrogen and oxygen atoms in total. The van der Waals surface area contributed by atoms with Gasteiger partial charge in [0.1, 0.15) is 5.75 Å². The Kier molecular flexibility index (Phi) is 7.21. The molecule has 2 N–H and O–H groups in total. The van der Waals surface area contributed by atoms with Crippen LogP contribution in [0.15, 0.2) is 24.3 Å². The average Bonchev–Trinajstić information content (AvgIpc) is 2.50. The van der Waals surface area contributed by atoms with Crippen molar-refractivity contribution in [2.24, 2.45) is 5.73 Å². The first-order valence-corrected chi connectivity index (χ1v) is 7.57. The second-order valence-electron chi connectivity index (χ2n) is 5.53. The molecule has 116 valence electrons. The first-order chi connectivity index (χ1) is 10.0. The Balaban J connectivity index is 3.09. The Labute approximate surface area is 128 Å².